The maximum Gasteiger partial charge on any atom is 0.270 e. The topological polar surface area (TPSA) is 71.0 Å². The van der Waals surface area contributed by atoms with E-state index in [0.717, 1.165) is 18.5 Å². The SMILES string of the molecule is C=CCNC(=O)c1cc(N(C)CCc2ccncc2)nc(-c2ccccc2)n1. The van der Waals surface area contributed by atoms with Crippen LogP contribution in [0.3, 0.4) is 0 Å². The number of rotatable bonds is 8. The van der Waals surface area contributed by atoms with Crippen molar-refractivity contribution < 1.29 is 4.79 Å². The number of hydrogen-bond donors (Lipinski definition) is 1. The summed E-state index contributed by atoms with van der Waals surface area (Å²) in [5.74, 6) is 0.979. The Morgan fingerprint density at radius 3 is 2.61 bits per heavy atom. The Hall–Kier alpha value is -3.54. The molecule has 142 valence electrons. The predicted molar refractivity (Wildman–Crippen MR) is 111 cm³/mol. The van der Waals surface area contributed by atoms with Gasteiger partial charge in [-0.3, -0.25) is 9.78 Å². The zero-order valence-corrected chi connectivity index (χ0v) is 15.9. The van der Waals surface area contributed by atoms with Crippen LogP contribution in [0, 0.1) is 0 Å². The normalized spacial score (nSPS) is 10.3. The van der Waals surface area contributed by atoms with E-state index in [1.807, 2.05) is 54.4 Å². The van der Waals surface area contributed by atoms with Gasteiger partial charge in [0.25, 0.3) is 5.91 Å². The van der Waals surface area contributed by atoms with Crippen LogP contribution in [0.25, 0.3) is 11.4 Å². The van der Waals surface area contributed by atoms with E-state index in [1.54, 1.807) is 24.5 Å². The van der Waals surface area contributed by atoms with Crippen LogP contribution >= 0.6 is 0 Å². The molecule has 6 heteroatoms. The lowest BCUT2D eigenvalue weighted by molar-refractivity contribution is 0.0953. The van der Waals surface area contributed by atoms with Crippen LogP contribution in [-0.4, -0.2) is 41.0 Å². The van der Waals surface area contributed by atoms with Gasteiger partial charge in [0, 0.05) is 44.2 Å². The van der Waals surface area contributed by atoms with Crippen molar-refractivity contribution in [2.24, 2.45) is 0 Å². The van der Waals surface area contributed by atoms with Crippen molar-refractivity contribution in [2.75, 3.05) is 25.0 Å². The molecule has 0 unspecified atom stereocenters. The van der Waals surface area contributed by atoms with Gasteiger partial charge in [0.1, 0.15) is 11.5 Å². The summed E-state index contributed by atoms with van der Waals surface area (Å²) in [6.45, 7) is 4.77. The van der Waals surface area contributed by atoms with Crippen LogP contribution in [0.4, 0.5) is 5.82 Å². The van der Waals surface area contributed by atoms with Gasteiger partial charge in [-0.15, -0.1) is 6.58 Å². The maximum absolute atomic E-state index is 12.5. The van der Waals surface area contributed by atoms with Crippen LogP contribution in [-0.2, 0) is 6.42 Å². The third-order valence-electron chi connectivity index (χ3n) is 4.26. The van der Waals surface area contributed by atoms with Crippen molar-refractivity contribution in [1.29, 1.82) is 0 Å². The standard InChI is InChI=1S/C22H23N5O/c1-3-12-24-22(28)19-16-20(26-21(25-19)18-7-5-4-6-8-18)27(2)15-11-17-9-13-23-14-10-17/h3-10,13-14,16H,1,11-12,15H2,2H3,(H,24,28). The zero-order chi connectivity index (χ0) is 19.8. The van der Waals surface area contributed by atoms with Crippen molar-refractivity contribution >= 4 is 11.7 Å². The summed E-state index contributed by atoms with van der Waals surface area (Å²) < 4.78 is 0. The van der Waals surface area contributed by atoms with Crippen molar-refractivity contribution in [3.8, 4) is 11.4 Å². The Kier molecular flexibility index (Phi) is 6.46. The number of likely N-dealkylation sites (N-methyl/N-ethyl adjacent to an activating group) is 1. The van der Waals surface area contributed by atoms with Crippen LogP contribution < -0.4 is 10.2 Å². The first-order chi connectivity index (χ1) is 13.7. The first-order valence-corrected chi connectivity index (χ1v) is 9.11. The van der Waals surface area contributed by atoms with Gasteiger partial charge in [-0.05, 0) is 24.1 Å². The molecular weight excluding hydrogens is 350 g/mol. The van der Waals surface area contributed by atoms with Crippen LogP contribution in [0.5, 0.6) is 0 Å². The highest BCUT2D eigenvalue weighted by Crippen LogP contribution is 2.20. The number of anilines is 1. The van der Waals surface area contributed by atoms with Crippen molar-refractivity contribution in [3.63, 3.8) is 0 Å². The third kappa shape index (κ3) is 5.01. The molecule has 0 saturated carbocycles. The lowest BCUT2D eigenvalue weighted by Crippen LogP contribution is -2.26. The zero-order valence-electron chi connectivity index (χ0n) is 15.9. The minimum Gasteiger partial charge on any atom is -0.359 e. The smallest absolute Gasteiger partial charge is 0.270 e. The summed E-state index contributed by atoms with van der Waals surface area (Å²) in [4.78, 5) is 27.7. The molecule has 0 spiro atoms. The predicted octanol–water partition coefficient (Wildman–Crippen LogP) is 3.13. The molecule has 1 amide bonds. The molecule has 2 heterocycles. The minimum absolute atomic E-state index is 0.247. The molecule has 1 N–H and O–H groups in total. The number of hydrogen-bond acceptors (Lipinski definition) is 5. The number of amides is 1. The Morgan fingerprint density at radius 1 is 1.14 bits per heavy atom. The number of nitrogens with one attached hydrogen (secondary N) is 1. The molecule has 1 aromatic carbocycles. The monoisotopic (exact) mass is 373 g/mol. The molecule has 6 nitrogen and oxygen atoms in total. The lowest BCUT2D eigenvalue weighted by Gasteiger charge is -2.19. The molecule has 0 bridgehead atoms. The second-order valence-electron chi connectivity index (χ2n) is 6.33. The van der Waals surface area contributed by atoms with Crippen molar-refractivity contribution in [3.05, 3.63) is 84.8 Å². The Bertz CT molecular complexity index is 928. The first kappa shape index (κ1) is 19.2. The van der Waals surface area contributed by atoms with E-state index in [9.17, 15) is 4.79 Å². The summed E-state index contributed by atoms with van der Waals surface area (Å²) in [6, 6.07) is 15.4. The van der Waals surface area contributed by atoms with E-state index in [-0.39, 0.29) is 5.91 Å². The summed E-state index contributed by atoms with van der Waals surface area (Å²) in [6.07, 6.45) is 6.06. The van der Waals surface area contributed by atoms with Crippen molar-refractivity contribution in [2.45, 2.75) is 6.42 Å². The molecule has 3 rings (SSSR count). The molecule has 0 aliphatic carbocycles. The number of benzene rings is 1. The van der Waals surface area contributed by atoms with Gasteiger partial charge in [0.15, 0.2) is 5.82 Å². The van der Waals surface area contributed by atoms with Gasteiger partial charge in [-0.1, -0.05) is 36.4 Å². The van der Waals surface area contributed by atoms with Crippen molar-refractivity contribution in [1.82, 2.24) is 20.3 Å². The van der Waals surface area contributed by atoms with E-state index in [4.69, 9.17) is 0 Å². The molecule has 0 atom stereocenters. The molecule has 0 aliphatic rings. The highest BCUT2D eigenvalue weighted by Gasteiger charge is 2.14. The Morgan fingerprint density at radius 2 is 1.89 bits per heavy atom. The summed E-state index contributed by atoms with van der Waals surface area (Å²) in [5, 5.41) is 2.78. The second kappa shape index (κ2) is 9.41. The van der Waals surface area contributed by atoms with E-state index in [2.05, 4.69) is 26.8 Å². The third-order valence-corrected chi connectivity index (χ3v) is 4.26. The first-order valence-electron chi connectivity index (χ1n) is 9.11. The fourth-order valence-corrected chi connectivity index (χ4v) is 2.68. The van der Waals surface area contributed by atoms with E-state index in [0.29, 0.717) is 23.9 Å². The van der Waals surface area contributed by atoms with Crippen LogP contribution in [0.1, 0.15) is 16.1 Å². The number of nitrogens with zero attached hydrogens (tertiary/aromatic N) is 4. The molecule has 0 fully saturated rings. The van der Waals surface area contributed by atoms with E-state index in [1.165, 1.54) is 5.56 Å². The highest BCUT2D eigenvalue weighted by molar-refractivity contribution is 5.93. The van der Waals surface area contributed by atoms with Gasteiger partial charge in [0.2, 0.25) is 0 Å². The molecule has 2 aromatic heterocycles. The van der Waals surface area contributed by atoms with E-state index < -0.39 is 0 Å². The quantitative estimate of drug-likeness (QED) is 0.614. The molecule has 28 heavy (non-hydrogen) atoms. The Labute approximate surface area is 165 Å². The summed E-state index contributed by atoms with van der Waals surface area (Å²) >= 11 is 0. The number of carbonyl (C=O) groups excluding carboxylic acids is 1. The lowest BCUT2D eigenvalue weighted by atomic mass is 10.2. The second-order valence-corrected chi connectivity index (χ2v) is 6.33. The highest BCUT2D eigenvalue weighted by atomic mass is 16.1. The molecule has 0 aliphatic heterocycles. The minimum atomic E-state index is -0.247. The van der Waals surface area contributed by atoms with Gasteiger partial charge >= 0.3 is 0 Å². The molecule has 0 radical (unpaired) electrons. The number of pyridine rings is 1. The van der Waals surface area contributed by atoms with Crippen LogP contribution in [0.2, 0.25) is 0 Å². The number of aromatic nitrogens is 3. The average Bonchev–Trinajstić information content (AvgIpc) is 2.76. The van der Waals surface area contributed by atoms with Gasteiger partial charge < -0.3 is 10.2 Å². The molecule has 0 saturated heterocycles. The Balaban J connectivity index is 1.87. The summed E-state index contributed by atoms with van der Waals surface area (Å²) in [5.41, 5.74) is 2.40. The van der Waals surface area contributed by atoms with Gasteiger partial charge in [-0.2, -0.15) is 0 Å². The maximum atomic E-state index is 12.5. The van der Waals surface area contributed by atoms with Gasteiger partial charge in [-0.25, -0.2) is 9.97 Å². The number of carbonyl (C=O) groups is 1. The fourth-order valence-electron chi connectivity index (χ4n) is 2.68. The average molecular weight is 373 g/mol. The van der Waals surface area contributed by atoms with Crippen LogP contribution in [0.15, 0.2) is 73.6 Å². The largest absolute Gasteiger partial charge is 0.359 e. The van der Waals surface area contributed by atoms with E-state index >= 15 is 0 Å². The van der Waals surface area contributed by atoms with Gasteiger partial charge in [0.05, 0.1) is 0 Å². The summed E-state index contributed by atoms with van der Waals surface area (Å²) in [7, 11) is 1.96. The fraction of sp³-hybridized carbons (Fsp3) is 0.182. The molecule has 3 aromatic rings. The molecular formula is C22H23N5O.